The van der Waals surface area contributed by atoms with Gasteiger partial charge in [0.1, 0.15) is 17.6 Å². The zero-order valence-electron chi connectivity index (χ0n) is 16.4. The Morgan fingerprint density at radius 1 is 1.25 bits per heavy atom. The average Bonchev–Trinajstić information content (AvgIpc) is 3.15. The van der Waals surface area contributed by atoms with Gasteiger partial charge in [0.25, 0.3) is 5.91 Å². The molecule has 28 heavy (non-hydrogen) atoms. The number of likely N-dealkylation sites (tertiary alicyclic amines) is 1. The van der Waals surface area contributed by atoms with Crippen LogP contribution in [0.3, 0.4) is 0 Å². The molecule has 4 rings (SSSR count). The van der Waals surface area contributed by atoms with E-state index in [0.29, 0.717) is 42.4 Å². The number of piperidine rings is 1. The minimum Gasteiger partial charge on any atom is -0.489 e. The number of hydrogen-bond acceptors (Lipinski definition) is 5. The van der Waals surface area contributed by atoms with E-state index in [-0.39, 0.29) is 23.7 Å². The number of carbonyl (C=O) groups excluding carboxylic acids is 2. The Hall–Kier alpha value is -2.63. The minimum atomic E-state index is -0.107. The van der Waals surface area contributed by atoms with Crippen molar-refractivity contribution in [3.63, 3.8) is 0 Å². The summed E-state index contributed by atoms with van der Waals surface area (Å²) >= 11 is 0. The first kappa shape index (κ1) is 18.7. The Morgan fingerprint density at radius 2 is 2.00 bits per heavy atom. The molecule has 2 aliphatic rings. The summed E-state index contributed by atoms with van der Waals surface area (Å²) in [6, 6.07) is 9.19. The highest BCUT2D eigenvalue weighted by Gasteiger charge is 2.35. The number of nitrogens with zero attached hydrogens (tertiary/aromatic N) is 2. The van der Waals surface area contributed by atoms with Gasteiger partial charge in [-0.1, -0.05) is 31.1 Å². The van der Waals surface area contributed by atoms with E-state index in [1.54, 1.807) is 6.07 Å². The summed E-state index contributed by atoms with van der Waals surface area (Å²) in [6.07, 6.45) is 2.73. The summed E-state index contributed by atoms with van der Waals surface area (Å²) < 4.78 is 11.4. The lowest BCUT2D eigenvalue weighted by molar-refractivity contribution is 0.0447. The fraction of sp³-hybridized carbons (Fsp3) is 0.500. The quantitative estimate of drug-likeness (QED) is 0.805. The van der Waals surface area contributed by atoms with Gasteiger partial charge in [0, 0.05) is 32.0 Å². The summed E-state index contributed by atoms with van der Waals surface area (Å²) in [5.74, 6) is 2.22. The van der Waals surface area contributed by atoms with Crippen molar-refractivity contribution in [3.05, 3.63) is 47.3 Å². The fourth-order valence-electron chi connectivity index (χ4n) is 4.11. The standard InChI is InChI=1S/C22H26N2O4/c1-14(2)11-16-12-18(23-28-16)22(26)24-9-7-15(8-10-24)21-13-19(25)17-5-3-4-6-20(17)27-21/h3-6,12,14-15,21H,7-11,13H2,1-2H3/t21-/m1/s1. The van der Waals surface area contributed by atoms with E-state index < -0.39 is 0 Å². The molecule has 148 valence electrons. The topological polar surface area (TPSA) is 72.6 Å². The third-order valence-electron chi connectivity index (χ3n) is 5.59. The molecular weight excluding hydrogens is 356 g/mol. The Kier molecular flexibility index (Phi) is 5.20. The van der Waals surface area contributed by atoms with Crippen LogP contribution in [0.4, 0.5) is 0 Å². The summed E-state index contributed by atoms with van der Waals surface area (Å²) in [4.78, 5) is 27.0. The number of ether oxygens (including phenoxy) is 1. The average molecular weight is 382 g/mol. The van der Waals surface area contributed by atoms with Crippen LogP contribution in [-0.4, -0.2) is 40.9 Å². The van der Waals surface area contributed by atoms with Crippen LogP contribution in [0.25, 0.3) is 0 Å². The van der Waals surface area contributed by atoms with Crippen molar-refractivity contribution in [1.82, 2.24) is 10.1 Å². The van der Waals surface area contributed by atoms with Gasteiger partial charge in [-0.25, -0.2) is 0 Å². The molecular formula is C22H26N2O4. The van der Waals surface area contributed by atoms with Gasteiger partial charge in [-0.3, -0.25) is 9.59 Å². The molecule has 0 saturated carbocycles. The number of hydrogen-bond donors (Lipinski definition) is 0. The van der Waals surface area contributed by atoms with E-state index in [1.807, 2.05) is 29.2 Å². The number of para-hydroxylation sites is 1. The molecule has 6 heteroatoms. The molecule has 1 aromatic carbocycles. The van der Waals surface area contributed by atoms with Crippen LogP contribution in [0, 0.1) is 11.8 Å². The summed E-state index contributed by atoms with van der Waals surface area (Å²) in [6.45, 7) is 5.49. The molecule has 2 aliphatic heterocycles. The van der Waals surface area contributed by atoms with Crippen molar-refractivity contribution in [1.29, 1.82) is 0 Å². The number of fused-ring (bicyclic) bond motifs is 1. The molecule has 6 nitrogen and oxygen atoms in total. The van der Waals surface area contributed by atoms with Gasteiger partial charge in [-0.05, 0) is 36.8 Å². The second-order valence-corrected chi connectivity index (χ2v) is 8.19. The fourth-order valence-corrected chi connectivity index (χ4v) is 4.11. The van der Waals surface area contributed by atoms with E-state index in [9.17, 15) is 9.59 Å². The summed E-state index contributed by atoms with van der Waals surface area (Å²) in [5, 5.41) is 3.95. The maximum atomic E-state index is 12.7. The van der Waals surface area contributed by atoms with Crippen molar-refractivity contribution in [2.75, 3.05) is 13.1 Å². The molecule has 1 fully saturated rings. The molecule has 2 aromatic rings. The SMILES string of the molecule is CC(C)Cc1cc(C(=O)N2CCC([C@H]3CC(=O)c4ccccc4O3)CC2)no1. The van der Waals surface area contributed by atoms with Crippen molar-refractivity contribution < 1.29 is 18.8 Å². The van der Waals surface area contributed by atoms with Gasteiger partial charge < -0.3 is 14.2 Å². The van der Waals surface area contributed by atoms with Crippen molar-refractivity contribution in [3.8, 4) is 5.75 Å². The van der Waals surface area contributed by atoms with Gasteiger partial charge >= 0.3 is 0 Å². The second-order valence-electron chi connectivity index (χ2n) is 8.19. The molecule has 1 saturated heterocycles. The lowest BCUT2D eigenvalue weighted by Crippen LogP contribution is -2.44. The maximum Gasteiger partial charge on any atom is 0.276 e. The molecule has 0 radical (unpaired) electrons. The number of Topliss-reactive ketones (excluding diaryl/α,β-unsaturated/α-hetero) is 1. The van der Waals surface area contributed by atoms with E-state index in [4.69, 9.17) is 9.26 Å². The molecule has 1 amide bonds. The first-order valence-corrected chi connectivity index (χ1v) is 10.0. The monoisotopic (exact) mass is 382 g/mol. The first-order chi connectivity index (χ1) is 13.5. The van der Waals surface area contributed by atoms with Crippen LogP contribution in [0.1, 0.15) is 59.7 Å². The number of aromatic nitrogens is 1. The van der Waals surface area contributed by atoms with Gasteiger partial charge in [0.15, 0.2) is 11.5 Å². The van der Waals surface area contributed by atoms with Gasteiger partial charge in [-0.2, -0.15) is 0 Å². The van der Waals surface area contributed by atoms with Crippen molar-refractivity contribution >= 4 is 11.7 Å². The highest BCUT2D eigenvalue weighted by molar-refractivity contribution is 5.99. The van der Waals surface area contributed by atoms with Crippen LogP contribution in [0.15, 0.2) is 34.9 Å². The van der Waals surface area contributed by atoms with E-state index in [0.717, 1.165) is 25.0 Å². The highest BCUT2D eigenvalue weighted by Crippen LogP contribution is 2.33. The molecule has 0 unspecified atom stereocenters. The molecule has 1 aromatic heterocycles. The Labute approximate surface area is 164 Å². The van der Waals surface area contributed by atoms with E-state index >= 15 is 0 Å². The molecule has 0 spiro atoms. The van der Waals surface area contributed by atoms with Crippen LogP contribution in [0.2, 0.25) is 0 Å². The molecule has 0 aliphatic carbocycles. The lowest BCUT2D eigenvalue weighted by Gasteiger charge is -2.37. The predicted molar refractivity (Wildman–Crippen MR) is 103 cm³/mol. The van der Waals surface area contributed by atoms with Crippen LogP contribution < -0.4 is 4.74 Å². The number of benzene rings is 1. The van der Waals surface area contributed by atoms with Crippen LogP contribution in [0.5, 0.6) is 5.75 Å². The van der Waals surface area contributed by atoms with Gasteiger partial charge in [0.05, 0.1) is 5.56 Å². The second kappa shape index (κ2) is 7.78. The summed E-state index contributed by atoms with van der Waals surface area (Å²) in [5.41, 5.74) is 1.06. The number of carbonyl (C=O) groups is 2. The Balaban J connectivity index is 1.35. The van der Waals surface area contributed by atoms with E-state index in [2.05, 4.69) is 19.0 Å². The first-order valence-electron chi connectivity index (χ1n) is 10.0. The van der Waals surface area contributed by atoms with Gasteiger partial charge in [0.2, 0.25) is 0 Å². The number of amides is 1. The highest BCUT2D eigenvalue weighted by atomic mass is 16.5. The third kappa shape index (κ3) is 3.81. The third-order valence-corrected chi connectivity index (χ3v) is 5.59. The zero-order chi connectivity index (χ0) is 19.7. The molecule has 3 heterocycles. The number of rotatable bonds is 4. The Morgan fingerprint density at radius 3 is 2.75 bits per heavy atom. The number of ketones is 1. The normalized spacial score (nSPS) is 20.2. The molecule has 1 atom stereocenters. The lowest BCUT2D eigenvalue weighted by atomic mass is 9.86. The maximum absolute atomic E-state index is 12.7. The van der Waals surface area contributed by atoms with E-state index in [1.165, 1.54) is 0 Å². The van der Waals surface area contributed by atoms with Crippen LogP contribution in [-0.2, 0) is 6.42 Å². The Bertz CT molecular complexity index is 865. The minimum absolute atomic E-state index is 0.0804. The molecule has 0 bridgehead atoms. The van der Waals surface area contributed by atoms with Crippen molar-refractivity contribution in [2.24, 2.45) is 11.8 Å². The zero-order valence-corrected chi connectivity index (χ0v) is 16.4. The van der Waals surface area contributed by atoms with Gasteiger partial charge in [-0.15, -0.1) is 0 Å². The van der Waals surface area contributed by atoms with Crippen LogP contribution >= 0.6 is 0 Å². The molecule has 0 N–H and O–H groups in total. The predicted octanol–water partition coefficient (Wildman–Crippen LogP) is 3.76. The smallest absolute Gasteiger partial charge is 0.276 e. The largest absolute Gasteiger partial charge is 0.489 e. The summed E-state index contributed by atoms with van der Waals surface area (Å²) in [7, 11) is 0. The van der Waals surface area contributed by atoms with Crippen molar-refractivity contribution in [2.45, 2.75) is 45.6 Å².